The molecule has 16 heavy (non-hydrogen) atoms. The second kappa shape index (κ2) is 6.23. The lowest BCUT2D eigenvalue weighted by atomic mass is 10.1. The van der Waals surface area contributed by atoms with E-state index in [1.807, 2.05) is 18.2 Å². The van der Waals surface area contributed by atoms with Gasteiger partial charge in [0.15, 0.2) is 0 Å². The van der Waals surface area contributed by atoms with Crippen molar-refractivity contribution in [3.8, 4) is 0 Å². The molecule has 0 bridgehead atoms. The van der Waals surface area contributed by atoms with Crippen LogP contribution in [0.3, 0.4) is 0 Å². The van der Waals surface area contributed by atoms with Crippen LogP contribution in [0.1, 0.15) is 13.3 Å². The fraction of sp³-hybridized carbons (Fsp3) is 0.231. The summed E-state index contributed by atoms with van der Waals surface area (Å²) < 4.78 is 0. The Kier molecular flexibility index (Phi) is 4.93. The van der Waals surface area contributed by atoms with E-state index in [9.17, 15) is 0 Å². The number of rotatable bonds is 3. The van der Waals surface area contributed by atoms with Crippen molar-refractivity contribution in [3.63, 3.8) is 0 Å². The molecule has 0 saturated carbocycles. The highest BCUT2D eigenvalue weighted by Crippen LogP contribution is 2.20. The minimum absolute atomic E-state index is 0.724. The molecular formula is C13H15ClN2. The van der Waals surface area contributed by atoms with Crippen molar-refractivity contribution in [2.75, 3.05) is 7.05 Å². The van der Waals surface area contributed by atoms with Gasteiger partial charge in [0.25, 0.3) is 0 Å². The second-order valence-electron chi connectivity index (χ2n) is 3.49. The van der Waals surface area contributed by atoms with E-state index in [4.69, 9.17) is 11.6 Å². The Morgan fingerprint density at radius 1 is 1.50 bits per heavy atom. The largest absolute Gasteiger partial charge is 0.288 e. The molecule has 0 heterocycles. The van der Waals surface area contributed by atoms with Crippen LogP contribution in [0.2, 0.25) is 0 Å². The molecule has 0 aromatic heterocycles. The Morgan fingerprint density at radius 2 is 2.25 bits per heavy atom. The summed E-state index contributed by atoms with van der Waals surface area (Å²) in [7, 11) is 1.75. The molecule has 0 saturated heterocycles. The van der Waals surface area contributed by atoms with Gasteiger partial charge in [0.1, 0.15) is 0 Å². The highest BCUT2D eigenvalue weighted by Gasteiger charge is 2.05. The molecule has 0 aromatic carbocycles. The molecule has 0 fully saturated rings. The summed E-state index contributed by atoms with van der Waals surface area (Å²) in [5.41, 5.74) is 3.10. The summed E-state index contributed by atoms with van der Waals surface area (Å²) in [5, 5.41) is 0.724. The van der Waals surface area contributed by atoms with Crippen LogP contribution in [0, 0.1) is 0 Å². The normalized spacial score (nSPS) is 17.7. The number of allylic oxidation sites excluding steroid dienone is 7. The van der Waals surface area contributed by atoms with Gasteiger partial charge in [-0.2, -0.15) is 0 Å². The topological polar surface area (TPSA) is 24.7 Å². The molecule has 2 nitrogen and oxygen atoms in total. The summed E-state index contributed by atoms with van der Waals surface area (Å²) in [5.74, 6) is 0. The van der Waals surface area contributed by atoms with E-state index < -0.39 is 0 Å². The maximum atomic E-state index is 6.07. The zero-order valence-corrected chi connectivity index (χ0v) is 10.3. The highest BCUT2D eigenvalue weighted by molar-refractivity contribution is 6.32. The lowest BCUT2D eigenvalue weighted by Crippen LogP contribution is -1.96. The summed E-state index contributed by atoms with van der Waals surface area (Å²) in [6, 6.07) is 0. The van der Waals surface area contributed by atoms with E-state index in [1.54, 1.807) is 13.2 Å². The van der Waals surface area contributed by atoms with Crippen molar-refractivity contribution >= 4 is 24.0 Å². The fourth-order valence-corrected chi connectivity index (χ4v) is 1.72. The van der Waals surface area contributed by atoms with E-state index in [-0.39, 0.29) is 0 Å². The minimum atomic E-state index is 0.724. The van der Waals surface area contributed by atoms with E-state index in [2.05, 4.69) is 29.7 Å². The van der Waals surface area contributed by atoms with Crippen LogP contribution in [0.4, 0.5) is 0 Å². The standard InChI is InChI=1S/C13H15ClN2/c1-10-4-5-11(9-12(14)8-10)13(16-3)6-7-15-2/h5-9H,2,4H2,1,3H3/b7-6-,16-13+. The van der Waals surface area contributed by atoms with Crippen LogP contribution in [0.5, 0.6) is 0 Å². The molecule has 0 N–H and O–H groups in total. The summed E-state index contributed by atoms with van der Waals surface area (Å²) in [6.07, 6.45) is 10.3. The lowest BCUT2D eigenvalue weighted by molar-refractivity contribution is 1.21. The number of aliphatic imine (C=N–C) groups is 2. The number of hydrogen-bond donors (Lipinski definition) is 0. The highest BCUT2D eigenvalue weighted by atomic mass is 35.5. The third-order valence-corrected chi connectivity index (χ3v) is 2.41. The molecule has 0 unspecified atom stereocenters. The molecule has 3 heteroatoms. The molecule has 0 aromatic rings. The van der Waals surface area contributed by atoms with E-state index in [1.165, 1.54) is 5.57 Å². The van der Waals surface area contributed by atoms with Gasteiger partial charge in [-0.15, -0.1) is 0 Å². The fourth-order valence-electron chi connectivity index (χ4n) is 1.42. The number of halogens is 1. The Balaban J connectivity index is 3.01. The SMILES string of the molecule is C=N/C=C\C(=N/C)C1=CCC(C)=CC(Cl)=C1. The van der Waals surface area contributed by atoms with Crippen LogP contribution in [-0.4, -0.2) is 19.5 Å². The van der Waals surface area contributed by atoms with Crippen molar-refractivity contribution < 1.29 is 0 Å². The molecule has 0 amide bonds. The molecule has 1 aliphatic rings. The first-order valence-corrected chi connectivity index (χ1v) is 5.39. The Labute approximate surface area is 101 Å². The number of nitrogens with zero attached hydrogens (tertiary/aromatic N) is 2. The van der Waals surface area contributed by atoms with Gasteiger partial charge < -0.3 is 0 Å². The van der Waals surface area contributed by atoms with E-state index >= 15 is 0 Å². The van der Waals surface area contributed by atoms with Crippen LogP contribution >= 0.6 is 11.6 Å². The van der Waals surface area contributed by atoms with Crippen molar-refractivity contribution in [1.82, 2.24) is 0 Å². The van der Waals surface area contributed by atoms with Crippen molar-refractivity contribution in [2.45, 2.75) is 13.3 Å². The average Bonchev–Trinajstić information content (AvgIpc) is 2.41. The first-order chi connectivity index (χ1) is 7.67. The predicted molar refractivity (Wildman–Crippen MR) is 72.4 cm³/mol. The molecule has 0 spiro atoms. The third kappa shape index (κ3) is 3.63. The van der Waals surface area contributed by atoms with Crippen LogP contribution in [0.25, 0.3) is 0 Å². The summed E-state index contributed by atoms with van der Waals surface area (Å²) >= 11 is 6.07. The molecule has 0 aliphatic heterocycles. The maximum absolute atomic E-state index is 6.07. The van der Waals surface area contributed by atoms with Crippen LogP contribution in [-0.2, 0) is 0 Å². The van der Waals surface area contributed by atoms with Crippen molar-refractivity contribution in [3.05, 3.63) is 46.7 Å². The van der Waals surface area contributed by atoms with Gasteiger partial charge in [0.05, 0.1) is 5.71 Å². The van der Waals surface area contributed by atoms with Crippen LogP contribution in [0.15, 0.2) is 56.7 Å². The first kappa shape index (κ1) is 12.7. The smallest absolute Gasteiger partial charge is 0.0655 e. The van der Waals surface area contributed by atoms with Gasteiger partial charge in [-0.3, -0.25) is 9.98 Å². The average molecular weight is 235 g/mol. The monoisotopic (exact) mass is 234 g/mol. The first-order valence-electron chi connectivity index (χ1n) is 5.01. The zero-order chi connectivity index (χ0) is 12.0. The zero-order valence-electron chi connectivity index (χ0n) is 9.57. The van der Waals surface area contributed by atoms with Gasteiger partial charge in [-0.1, -0.05) is 23.3 Å². The van der Waals surface area contributed by atoms with E-state index in [0.29, 0.717) is 0 Å². The van der Waals surface area contributed by atoms with Crippen molar-refractivity contribution in [2.24, 2.45) is 9.98 Å². The molecule has 1 rings (SSSR count). The lowest BCUT2D eigenvalue weighted by Gasteiger charge is -2.00. The summed E-state index contributed by atoms with van der Waals surface area (Å²) in [4.78, 5) is 7.87. The number of hydrogen-bond acceptors (Lipinski definition) is 2. The quantitative estimate of drug-likeness (QED) is 0.666. The molecule has 84 valence electrons. The minimum Gasteiger partial charge on any atom is -0.288 e. The molecular weight excluding hydrogens is 220 g/mol. The molecule has 0 atom stereocenters. The molecule has 1 aliphatic carbocycles. The van der Waals surface area contributed by atoms with Gasteiger partial charge in [-0.05, 0) is 43.9 Å². The van der Waals surface area contributed by atoms with E-state index in [0.717, 1.165) is 22.7 Å². The Bertz CT molecular complexity index is 423. The molecule has 0 radical (unpaired) electrons. The van der Waals surface area contributed by atoms with Gasteiger partial charge in [0, 0.05) is 18.3 Å². The second-order valence-corrected chi connectivity index (χ2v) is 3.93. The van der Waals surface area contributed by atoms with Crippen molar-refractivity contribution in [1.29, 1.82) is 0 Å². The Morgan fingerprint density at radius 3 is 2.88 bits per heavy atom. The van der Waals surface area contributed by atoms with Gasteiger partial charge in [0.2, 0.25) is 0 Å². The van der Waals surface area contributed by atoms with Gasteiger partial charge >= 0.3 is 0 Å². The van der Waals surface area contributed by atoms with Crippen LogP contribution < -0.4 is 0 Å². The van der Waals surface area contributed by atoms with Gasteiger partial charge in [-0.25, -0.2) is 0 Å². The third-order valence-electron chi connectivity index (χ3n) is 2.20. The Hall–Kier alpha value is -1.41. The maximum Gasteiger partial charge on any atom is 0.0655 e. The summed E-state index contributed by atoms with van der Waals surface area (Å²) in [6.45, 7) is 5.45. The predicted octanol–water partition coefficient (Wildman–Crippen LogP) is 3.67.